The van der Waals surface area contributed by atoms with Crippen LogP contribution in [0.1, 0.15) is 18.1 Å². The molecular formula is C19H22N2O4. The smallest absolute Gasteiger partial charge is 0.267 e. The lowest BCUT2D eigenvalue weighted by Gasteiger charge is -2.12. The van der Waals surface area contributed by atoms with E-state index in [-0.39, 0.29) is 5.91 Å². The summed E-state index contributed by atoms with van der Waals surface area (Å²) in [4.78, 5) is 17.4. The van der Waals surface area contributed by atoms with Crippen LogP contribution in [0.4, 0.5) is 5.69 Å². The third kappa shape index (κ3) is 4.97. The number of carbonyl (C=O) groups excluding carboxylic acids is 1. The van der Waals surface area contributed by atoms with E-state index >= 15 is 0 Å². The van der Waals surface area contributed by atoms with Gasteiger partial charge in [-0.2, -0.15) is 0 Å². The maximum Gasteiger partial charge on any atom is 0.267 e. The minimum Gasteiger partial charge on any atom is -0.493 e. The number of aryl methyl sites for hydroxylation is 1. The first-order valence-electron chi connectivity index (χ1n) is 7.83. The Morgan fingerprint density at radius 3 is 2.60 bits per heavy atom. The average Bonchev–Trinajstić information content (AvgIpc) is 2.61. The van der Waals surface area contributed by atoms with Gasteiger partial charge in [0.05, 0.1) is 20.4 Å². The topological polar surface area (TPSA) is 69.2 Å². The number of para-hydroxylation sites is 1. The third-order valence-corrected chi connectivity index (χ3v) is 3.50. The maximum atomic E-state index is 12.1. The summed E-state index contributed by atoms with van der Waals surface area (Å²) >= 11 is 0. The van der Waals surface area contributed by atoms with E-state index in [1.165, 1.54) is 6.21 Å². The van der Waals surface area contributed by atoms with Crippen LogP contribution in [0.15, 0.2) is 47.6 Å². The Labute approximate surface area is 147 Å². The van der Waals surface area contributed by atoms with E-state index in [0.717, 1.165) is 11.3 Å². The molecule has 0 unspecified atom stereocenters. The molecule has 0 heterocycles. The van der Waals surface area contributed by atoms with Crippen molar-refractivity contribution in [1.29, 1.82) is 0 Å². The van der Waals surface area contributed by atoms with Crippen LogP contribution in [0.3, 0.4) is 0 Å². The largest absolute Gasteiger partial charge is 0.493 e. The fourth-order valence-corrected chi connectivity index (χ4v) is 2.21. The van der Waals surface area contributed by atoms with Crippen LogP contribution >= 0.6 is 0 Å². The van der Waals surface area contributed by atoms with Gasteiger partial charge in [0.25, 0.3) is 5.91 Å². The summed E-state index contributed by atoms with van der Waals surface area (Å²) in [5.74, 6) is 0.867. The molecule has 0 aliphatic heterocycles. The van der Waals surface area contributed by atoms with Gasteiger partial charge < -0.3 is 19.6 Å². The van der Waals surface area contributed by atoms with Gasteiger partial charge in [-0.05, 0) is 43.7 Å². The first-order chi connectivity index (χ1) is 12.0. The summed E-state index contributed by atoms with van der Waals surface area (Å²) in [6, 6.07) is 13.0. The van der Waals surface area contributed by atoms with Crippen molar-refractivity contribution in [3.05, 3.63) is 53.6 Å². The van der Waals surface area contributed by atoms with Gasteiger partial charge >= 0.3 is 0 Å². The van der Waals surface area contributed by atoms with Crippen LogP contribution in [0, 0.1) is 6.92 Å². The Hall–Kier alpha value is -3.02. The molecule has 0 spiro atoms. The van der Waals surface area contributed by atoms with Crippen LogP contribution in [-0.2, 0) is 9.63 Å². The lowest BCUT2D eigenvalue weighted by molar-refractivity contribution is -0.126. The van der Waals surface area contributed by atoms with Crippen LogP contribution in [0.5, 0.6) is 11.5 Å². The third-order valence-electron chi connectivity index (χ3n) is 3.50. The van der Waals surface area contributed by atoms with Gasteiger partial charge in [-0.1, -0.05) is 23.4 Å². The number of methoxy groups -OCH3 is 2. The van der Waals surface area contributed by atoms with Crippen molar-refractivity contribution in [3.8, 4) is 11.5 Å². The van der Waals surface area contributed by atoms with Gasteiger partial charge in [-0.25, -0.2) is 0 Å². The zero-order chi connectivity index (χ0) is 18.2. The van der Waals surface area contributed by atoms with E-state index in [1.54, 1.807) is 27.2 Å². The molecule has 0 bridgehead atoms. The number of nitrogens with one attached hydrogen (secondary N) is 1. The normalized spacial score (nSPS) is 11.8. The molecule has 25 heavy (non-hydrogen) atoms. The molecule has 6 heteroatoms. The number of oxime groups is 1. The Bertz CT molecular complexity index is 759. The summed E-state index contributed by atoms with van der Waals surface area (Å²) in [6.45, 7) is 3.59. The molecule has 0 radical (unpaired) electrons. The number of nitrogens with zero attached hydrogens (tertiary/aromatic N) is 1. The second kappa shape index (κ2) is 8.73. The quantitative estimate of drug-likeness (QED) is 0.618. The second-order valence-corrected chi connectivity index (χ2v) is 5.42. The number of benzene rings is 2. The molecule has 0 aliphatic rings. The van der Waals surface area contributed by atoms with E-state index in [0.29, 0.717) is 17.1 Å². The van der Waals surface area contributed by atoms with Crippen molar-refractivity contribution in [2.75, 3.05) is 19.5 Å². The maximum absolute atomic E-state index is 12.1. The number of anilines is 1. The fourth-order valence-electron chi connectivity index (χ4n) is 2.21. The molecule has 2 aromatic rings. The number of amides is 1. The standard InChI is InChI=1S/C19H22N2O4/c1-13-7-5-9-16(11-13)21-19(22)14(2)25-20-12-15-8-6-10-17(23-3)18(15)24-4/h5-12,14H,1-4H3,(H,21,22)/b20-12-/t14-/m0/s1. The van der Waals surface area contributed by atoms with E-state index in [4.69, 9.17) is 14.3 Å². The predicted octanol–water partition coefficient (Wildman–Crippen LogP) is 3.39. The predicted molar refractivity (Wildman–Crippen MR) is 97.5 cm³/mol. The Morgan fingerprint density at radius 2 is 1.92 bits per heavy atom. The zero-order valence-electron chi connectivity index (χ0n) is 14.8. The van der Waals surface area contributed by atoms with E-state index < -0.39 is 6.10 Å². The summed E-state index contributed by atoms with van der Waals surface area (Å²) in [5, 5.41) is 6.67. The molecule has 0 aliphatic carbocycles. The summed E-state index contributed by atoms with van der Waals surface area (Å²) < 4.78 is 10.5. The average molecular weight is 342 g/mol. The van der Waals surface area contributed by atoms with Gasteiger partial charge in [-0.3, -0.25) is 4.79 Å². The van der Waals surface area contributed by atoms with E-state index in [1.807, 2.05) is 43.3 Å². The SMILES string of the molecule is COc1cccc(/C=N\O[C@@H](C)C(=O)Nc2cccc(C)c2)c1OC. The van der Waals surface area contributed by atoms with Gasteiger partial charge in [0.2, 0.25) is 6.10 Å². The minimum absolute atomic E-state index is 0.277. The number of hydrogen-bond donors (Lipinski definition) is 1. The molecule has 0 saturated carbocycles. The molecule has 6 nitrogen and oxygen atoms in total. The van der Waals surface area contributed by atoms with Gasteiger partial charge in [0.15, 0.2) is 11.5 Å². The summed E-state index contributed by atoms with van der Waals surface area (Å²) in [5.41, 5.74) is 2.47. The van der Waals surface area contributed by atoms with Crippen molar-refractivity contribution in [1.82, 2.24) is 0 Å². The molecule has 0 fully saturated rings. The summed E-state index contributed by atoms with van der Waals surface area (Å²) in [7, 11) is 3.11. The second-order valence-electron chi connectivity index (χ2n) is 5.42. The van der Waals surface area contributed by atoms with Crippen molar-refractivity contribution in [2.24, 2.45) is 5.16 Å². The molecule has 0 aromatic heterocycles. The highest BCUT2D eigenvalue weighted by Crippen LogP contribution is 2.29. The zero-order valence-corrected chi connectivity index (χ0v) is 14.8. The Morgan fingerprint density at radius 1 is 1.16 bits per heavy atom. The van der Waals surface area contributed by atoms with Crippen LogP contribution in [0.25, 0.3) is 0 Å². The molecule has 132 valence electrons. The Kier molecular flexibility index (Phi) is 6.39. The fraction of sp³-hybridized carbons (Fsp3) is 0.263. The van der Waals surface area contributed by atoms with Crippen molar-refractivity contribution in [3.63, 3.8) is 0 Å². The molecule has 1 amide bonds. The summed E-state index contributed by atoms with van der Waals surface area (Å²) in [6.07, 6.45) is 0.742. The monoisotopic (exact) mass is 342 g/mol. The molecular weight excluding hydrogens is 320 g/mol. The first-order valence-corrected chi connectivity index (χ1v) is 7.83. The highest BCUT2D eigenvalue weighted by atomic mass is 16.6. The number of hydrogen-bond acceptors (Lipinski definition) is 5. The number of ether oxygens (including phenoxy) is 2. The lowest BCUT2D eigenvalue weighted by Crippen LogP contribution is -2.26. The van der Waals surface area contributed by atoms with Crippen LogP contribution in [0.2, 0.25) is 0 Å². The molecule has 2 aromatic carbocycles. The van der Waals surface area contributed by atoms with Gasteiger partial charge in [0, 0.05) is 11.3 Å². The number of rotatable bonds is 7. The molecule has 1 N–H and O–H groups in total. The van der Waals surface area contributed by atoms with Gasteiger partial charge in [0.1, 0.15) is 0 Å². The highest BCUT2D eigenvalue weighted by molar-refractivity contribution is 5.94. The van der Waals surface area contributed by atoms with E-state index in [9.17, 15) is 4.79 Å². The Balaban J connectivity index is 1.98. The van der Waals surface area contributed by atoms with Crippen molar-refractivity contribution < 1.29 is 19.1 Å². The van der Waals surface area contributed by atoms with Crippen molar-refractivity contribution in [2.45, 2.75) is 20.0 Å². The van der Waals surface area contributed by atoms with Crippen molar-refractivity contribution >= 4 is 17.8 Å². The highest BCUT2D eigenvalue weighted by Gasteiger charge is 2.14. The molecule has 2 rings (SSSR count). The molecule has 0 saturated heterocycles. The van der Waals surface area contributed by atoms with Crippen LogP contribution < -0.4 is 14.8 Å². The van der Waals surface area contributed by atoms with Gasteiger partial charge in [-0.15, -0.1) is 0 Å². The number of carbonyl (C=O) groups is 1. The lowest BCUT2D eigenvalue weighted by atomic mass is 10.2. The van der Waals surface area contributed by atoms with E-state index in [2.05, 4.69) is 10.5 Å². The molecule has 1 atom stereocenters. The minimum atomic E-state index is -0.742. The van der Waals surface area contributed by atoms with Crippen LogP contribution in [-0.4, -0.2) is 32.4 Å². The first kappa shape index (κ1) is 18.3.